The summed E-state index contributed by atoms with van der Waals surface area (Å²) >= 11 is 0. The van der Waals surface area contributed by atoms with E-state index >= 15 is 0 Å². The summed E-state index contributed by atoms with van der Waals surface area (Å²) in [6.45, 7) is 1.99. The third-order valence-electron chi connectivity index (χ3n) is 4.94. The monoisotopic (exact) mass is 295 g/mol. The minimum absolute atomic E-state index is 0.190. The van der Waals surface area contributed by atoms with E-state index in [0.29, 0.717) is 0 Å². The highest BCUT2D eigenvalue weighted by molar-refractivity contribution is 6.35. The summed E-state index contributed by atoms with van der Waals surface area (Å²) < 4.78 is 0. The quantitative estimate of drug-likeness (QED) is 0.618. The molecule has 1 saturated carbocycles. The third-order valence-corrected chi connectivity index (χ3v) is 4.94. The van der Waals surface area contributed by atoms with Crippen molar-refractivity contribution in [3.05, 3.63) is 0 Å². The molecule has 0 unspecified atom stereocenters. The van der Waals surface area contributed by atoms with E-state index in [-0.39, 0.29) is 18.0 Å². The molecule has 5 heteroatoms. The lowest BCUT2D eigenvalue weighted by Gasteiger charge is -2.34. The van der Waals surface area contributed by atoms with Crippen LogP contribution in [0.1, 0.15) is 51.4 Å². The molecule has 0 aromatic carbocycles. The molecular formula is C16H29N3O2. The number of likely N-dealkylation sites (N-methyl/N-ethyl adjacent to an activating group) is 1. The van der Waals surface area contributed by atoms with E-state index in [1.807, 2.05) is 0 Å². The van der Waals surface area contributed by atoms with Gasteiger partial charge in [-0.05, 0) is 45.8 Å². The number of carbonyl (C=O) groups is 2. The van der Waals surface area contributed by atoms with Gasteiger partial charge in [0, 0.05) is 19.1 Å². The van der Waals surface area contributed by atoms with Crippen LogP contribution < -0.4 is 5.32 Å². The zero-order valence-electron chi connectivity index (χ0n) is 13.4. The van der Waals surface area contributed by atoms with Gasteiger partial charge in [-0.25, -0.2) is 0 Å². The summed E-state index contributed by atoms with van der Waals surface area (Å²) in [7, 11) is 3.86. The van der Waals surface area contributed by atoms with Crippen LogP contribution in [-0.2, 0) is 9.59 Å². The van der Waals surface area contributed by atoms with Crippen molar-refractivity contribution in [2.75, 3.05) is 27.2 Å². The third kappa shape index (κ3) is 4.70. The van der Waals surface area contributed by atoms with Crippen molar-refractivity contribution in [2.24, 2.45) is 0 Å². The van der Waals surface area contributed by atoms with E-state index in [1.165, 1.54) is 12.8 Å². The lowest BCUT2D eigenvalue weighted by atomic mass is 10.0. The van der Waals surface area contributed by atoms with E-state index in [1.54, 1.807) is 11.9 Å². The van der Waals surface area contributed by atoms with Crippen LogP contribution in [0.25, 0.3) is 0 Å². The van der Waals surface area contributed by atoms with Crippen LogP contribution in [0.3, 0.4) is 0 Å². The van der Waals surface area contributed by atoms with Crippen molar-refractivity contribution in [3.8, 4) is 0 Å². The number of nitrogens with zero attached hydrogens (tertiary/aromatic N) is 2. The van der Waals surface area contributed by atoms with Gasteiger partial charge in [0.15, 0.2) is 0 Å². The number of likely N-dealkylation sites (tertiary alicyclic amines) is 1. The maximum Gasteiger partial charge on any atom is 0.311 e. The van der Waals surface area contributed by atoms with E-state index in [9.17, 15) is 9.59 Å². The molecule has 0 atom stereocenters. The molecule has 2 fully saturated rings. The van der Waals surface area contributed by atoms with Crippen LogP contribution in [0.5, 0.6) is 0 Å². The van der Waals surface area contributed by atoms with Gasteiger partial charge < -0.3 is 15.1 Å². The minimum Gasteiger partial charge on any atom is -0.345 e. The Balaban J connectivity index is 1.81. The molecule has 0 spiro atoms. The predicted octanol–water partition coefficient (Wildman–Crippen LogP) is 1.38. The Morgan fingerprint density at radius 1 is 1.00 bits per heavy atom. The average Bonchev–Trinajstić information content (AvgIpc) is 2.75. The smallest absolute Gasteiger partial charge is 0.311 e. The topological polar surface area (TPSA) is 52.7 Å². The standard InChI is InChI=1S/C16H29N3O2/c1-18-11-9-14(10-12-18)19(2)16(21)15(20)17-13-7-5-3-4-6-8-13/h13-14H,3-12H2,1-2H3,(H,17,20). The number of rotatable bonds is 2. The van der Waals surface area contributed by atoms with Crippen LogP contribution in [0.2, 0.25) is 0 Å². The lowest BCUT2D eigenvalue weighted by molar-refractivity contribution is -0.147. The summed E-state index contributed by atoms with van der Waals surface area (Å²) in [6.07, 6.45) is 8.73. The van der Waals surface area contributed by atoms with Gasteiger partial charge >= 0.3 is 11.8 Å². The molecule has 2 amide bonds. The summed E-state index contributed by atoms with van der Waals surface area (Å²) in [6, 6.07) is 0.392. The highest BCUT2D eigenvalue weighted by Crippen LogP contribution is 2.18. The van der Waals surface area contributed by atoms with E-state index < -0.39 is 5.91 Å². The Bertz CT molecular complexity index is 357. The summed E-state index contributed by atoms with van der Waals surface area (Å²) in [5.74, 6) is -0.780. The van der Waals surface area contributed by atoms with Crippen molar-refractivity contribution in [2.45, 2.75) is 63.5 Å². The van der Waals surface area contributed by atoms with Gasteiger partial charge in [0.1, 0.15) is 0 Å². The van der Waals surface area contributed by atoms with Crippen LogP contribution in [0.4, 0.5) is 0 Å². The first-order chi connectivity index (χ1) is 10.1. The maximum atomic E-state index is 12.3. The Kier molecular flexibility index (Phi) is 6.03. The molecule has 1 N–H and O–H groups in total. The van der Waals surface area contributed by atoms with Crippen molar-refractivity contribution < 1.29 is 9.59 Å². The molecule has 1 heterocycles. The molecule has 0 bridgehead atoms. The second-order valence-corrected chi connectivity index (χ2v) is 6.61. The highest BCUT2D eigenvalue weighted by atomic mass is 16.2. The van der Waals surface area contributed by atoms with E-state index in [4.69, 9.17) is 0 Å². The highest BCUT2D eigenvalue weighted by Gasteiger charge is 2.29. The zero-order chi connectivity index (χ0) is 15.2. The molecule has 2 rings (SSSR count). The Morgan fingerprint density at radius 2 is 1.57 bits per heavy atom. The number of amides is 2. The van der Waals surface area contributed by atoms with Crippen molar-refractivity contribution in [3.63, 3.8) is 0 Å². The predicted molar refractivity (Wildman–Crippen MR) is 82.9 cm³/mol. The number of carbonyl (C=O) groups excluding carboxylic acids is 2. The van der Waals surface area contributed by atoms with Gasteiger partial charge in [-0.3, -0.25) is 9.59 Å². The van der Waals surface area contributed by atoms with Crippen LogP contribution in [0, 0.1) is 0 Å². The van der Waals surface area contributed by atoms with Crippen LogP contribution in [-0.4, -0.2) is 60.9 Å². The first kappa shape index (κ1) is 16.3. The van der Waals surface area contributed by atoms with Crippen LogP contribution >= 0.6 is 0 Å². The average molecular weight is 295 g/mol. The fraction of sp³-hybridized carbons (Fsp3) is 0.875. The SMILES string of the molecule is CN1CCC(N(C)C(=O)C(=O)NC2CCCCCC2)CC1. The molecule has 5 nitrogen and oxygen atoms in total. The Morgan fingerprint density at radius 3 is 2.14 bits per heavy atom. The Hall–Kier alpha value is -1.10. The Labute approximate surface area is 128 Å². The van der Waals surface area contributed by atoms with Gasteiger partial charge in [0.25, 0.3) is 0 Å². The normalized spacial score (nSPS) is 22.6. The van der Waals surface area contributed by atoms with Crippen molar-refractivity contribution in [1.82, 2.24) is 15.1 Å². The molecular weight excluding hydrogens is 266 g/mol. The molecule has 0 aromatic heterocycles. The molecule has 120 valence electrons. The molecule has 1 aliphatic heterocycles. The second kappa shape index (κ2) is 7.78. The van der Waals surface area contributed by atoms with Crippen LogP contribution in [0.15, 0.2) is 0 Å². The number of piperidine rings is 1. The van der Waals surface area contributed by atoms with Gasteiger partial charge in [0.05, 0.1) is 0 Å². The summed E-state index contributed by atoms with van der Waals surface area (Å²) in [4.78, 5) is 28.4. The lowest BCUT2D eigenvalue weighted by Crippen LogP contribution is -2.50. The van der Waals surface area contributed by atoms with Gasteiger partial charge in [0.2, 0.25) is 0 Å². The minimum atomic E-state index is -0.414. The van der Waals surface area contributed by atoms with E-state index in [0.717, 1.165) is 51.6 Å². The largest absolute Gasteiger partial charge is 0.345 e. The molecule has 1 aliphatic carbocycles. The van der Waals surface area contributed by atoms with Gasteiger partial charge in [-0.15, -0.1) is 0 Å². The van der Waals surface area contributed by atoms with Crippen molar-refractivity contribution >= 4 is 11.8 Å². The first-order valence-electron chi connectivity index (χ1n) is 8.34. The maximum absolute atomic E-state index is 12.3. The molecule has 21 heavy (non-hydrogen) atoms. The molecule has 0 radical (unpaired) electrons. The summed E-state index contributed by atoms with van der Waals surface area (Å²) in [5.41, 5.74) is 0. The number of hydrogen-bond donors (Lipinski definition) is 1. The first-order valence-corrected chi connectivity index (χ1v) is 8.34. The summed E-state index contributed by atoms with van der Waals surface area (Å²) in [5, 5.41) is 2.95. The zero-order valence-corrected chi connectivity index (χ0v) is 13.4. The molecule has 0 aromatic rings. The number of hydrogen-bond acceptors (Lipinski definition) is 3. The molecule has 1 saturated heterocycles. The van der Waals surface area contributed by atoms with Crippen molar-refractivity contribution in [1.29, 1.82) is 0 Å². The molecule has 2 aliphatic rings. The fourth-order valence-electron chi connectivity index (χ4n) is 3.38. The second-order valence-electron chi connectivity index (χ2n) is 6.61. The van der Waals surface area contributed by atoms with Gasteiger partial charge in [-0.1, -0.05) is 25.7 Å². The van der Waals surface area contributed by atoms with Gasteiger partial charge in [-0.2, -0.15) is 0 Å². The fourth-order valence-corrected chi connectivity index (χ4v) is 3.38. The number of nitrogens with one attached hydrogen (secondary N) is 1. The van der Waals surface area contributed by atoms with E-state index in [2.05, 4.69) is 17.3 Å².